The highest BCUT2D eigenvalue weighted by molar-refractivity contribution is 6.11. The lowest BCUT2D eigenvalue weighted by atomic mass is 10.1. The molecule has 0 radical (unpaired) electrons. The van der Waals surface area contributed by atoms with Crippen molar-refractivity contribution in [1.82, 2.24) is 9.72 Å². The molecule has 0 bridgehead atoms. The maximum Gasteiger partial charge on any atom is 0.433 e. The van der Waals surface area contributed by atoms with E-state index in [9.17, 15) is 27.6 Å². The van der Waals surface area contributed by atoms with Gasteiger partial charge in [-0.3, -0.25) is 9.59 Å². The van der Waals surface area contributed by atoms with E-state index in [1.165, 1.54) is 19.2 Å². The zero-order valence-electron chi connectivity index (χ0n) is 18.7. The highest BCUT2D eigenvalue weighted by Crippen LogP contribution is 2.33. The van der Waals surface area contributed by atoms with Gasteiger partial charge < -0.3 is 19.9 Å². The molecule has 0 aliphatic rings. The Balaban J connectivity index is 2.00. The zero-order valence-corrected chi connectivity index (χ0v) is 18.7. The van der Waals surface area contributed by atoms with Crippen molar-refractivity contribution in [3.63, 3.8) is 0 Å². The number of benzene rings is 1. The van der Waals surface area contributed by atoms with Gasteiger partial charge in [0.2, 0.25) is 0 Å². The van der Waals surface area contributed by atoms with Gasteiger partial charge in [0.25, 0.3) is 11.5 Å². The lowest BCUT2D eigenvalue weighted by Gasteiger charge is -2.17. The fourth-order valence-corrected chi connectivity index (χ4v) is 3.32. The van der Waals surface area contributed by atoms with Crippen LogP contribution in [0, 0.1) is 6.92 Å². The Kier molecular flexibility index (Phi) is 6.80. The first-order chi connectivity index (χ1) is 16.0. The number of halogens is 3. The van der Waals surface area contributed by atoms with Crippen molar-refractivity contribution in [2.75, 3.05) is 24.3 Å². The number of methoxy groups -OCH3 is 1. The molecule has 180 valence electrons. The summed E-state index contributed by atoms with van der Waals surface area (Å²) < 4.78 is 51.1. The molecule has 0 aliphatic carbocycles. The molecule has 0 unspecified atom stereocenters. The number of amides is 1. The number of carbonyl (C=O) groups excluding carboxylic acids is 2. The van der Waals surface area contributed by atoms with Gasteiger partial charge in [0.15, 0.2) is 5.69 Å². The van der Waals surface area contributed by atoms with Crippen molar-refractivity contribution in [3.8, 4) is 11.1 Å². The molecule has 3 rings (SSSR count). The number of nitrogens with one attached hydrogen (secondary N) is 2. The Hall–Kier alpha value is -4.09. The van der Waals surface area contributed by atoms with Crippen molar-refractivity contribution in [2.24, 2.45) is 7.05 Å². The van der Waals surface area contributed by atoms with Crippen molar-refractivity contribution >= 4 is 23.3 Å². The standard InChI is InChI=1S/C22H21F3N4O5/c1-5-26-17-14(10-15(22(23,24)25)28-18(17)21(32)33-4)19(30)27-13-8-6-12(7-9-13)16-11(2)34-29(3)20(16)31/h6-10,26H,5H2,1-4H3,(H,27,30). The quantitative estimate of drug-likeness (QED) is 0.517. The van der Waals surface area contributed by atoms with Crippen LogP contribution in [-0.4, -0.2) is 35.3 Å². The number of alkyl halides is 3. The van der Waals surface area contributed by atoms with Gasteiger partial charge in [-0.25, -0.2) is 9.78 Å². The van der Waals surface area contributed by atoms with E-state index in [0.29, 0.717) is 23.0 Å². The van der Waals surface area contributed by atoms with Gasteiger partial charge >= 0.3 is 12.1 Å². The van der Waals surface area contributed by atoms with Crippen molar-refractivity contribution < 1.29 is 32.0 Å². The molecule has 2 aromatic heterocycles. The third kappa shape index (κ3) is 4.80. The molecule has 0 saturated heterocycles. The molecule has 0 saturated carbocycles. The third-order valence-corrected chi connectivity index (χ3v) is 4.84. The number of aryl methyl sites for hydroxylation is 2. The summed E-state index contributed by atoms with van der Waals surface area (Å²) in [6.07, 6.45) is -4.90. The topological polar surface area (TPSA) is 115 Å². The first kappa shape index (κ1) is 24.6. The number of pyridine rings is 1. The van der Waals surface area contributed by atoms with E-state index < -0.39 is 35.0 Å². The first-order valence-corrected chi connectivity index (χ1v) is 10.0. The number of ether oxygens (including phenoxy) is 1. The zero-order chi connectivity index (χ0) is 25.2. The molecular formula is C22H21F3N4O5. The molecule has 3 aromatic rings. The number of nitrogens with zero attached hydrogens (tertiary/aromatic N) is 2. The van der Waals surface area contributed by atoms with E-state index in [0.717, 1.165) is 11.8 Å². The molecule has 34 heavy (non-hydrogen) atoms. The molecule has 0 aliphatic heterocycles. The van der Waals surface area contributed by atoms with Gasteiger partial charge in [-0.15, -0.1) is 0 Å². The van der Waals surface area contributed by atoms with E-state index in [1.54, 1.807) is 26.0 Å². The van der Waals surface area contributed by atoms with Gasteiger partial charge in [-0.05, 0) is 37.6 Å². The van der Waals surface area contributed by atoms with Crippen molar-refractivity contribution in [3.05, 3.63) is 63.4 Å². The number of esters is 1. The van der Waals surface area contributed by atoms with Gasteiger partial charge in [-0.1, -0.05) is 12.1 Å². The van der Waals surface area contributed by atoms with E-state index >= 15 is 0 Å². The molecule has 2 heterocycles. The molecule has 2 N–H and O–H groups in total. The maximum absolute atomic E-state index is 13.4. The fourth-order valence-electron chi connectivity index (χ4n) is 3.32. The van der Waals surface area contributed by atoms with Crippen molar-refractivity contribution in [2.45, 2.75) is 20.0 Å². The van der Waals surface area contributed by atoms with E-state index in [2.05, 4.69) is 20.4 Å². The van der Waals surface area contributed by atoms with Crippen LogP contribution in [0.25, 0.3) is 11.1 Å². The maximum atomic E-state index is 13.4. The number of carbonyl (C=O) groups is 2. The number of hydrogen-bond donors (Lipinski definition) is 2. The monoisotopic (exact) mass is 478 g/mol. The number of hydrogen-bond acceptors (Lipinski definition) is 7. The Morgan fingerprint density at radius 1 is 1.21 bits per heavy atom. The van der Waals surface area contributed by atoms with Crippen LogP contribution in [0.2, 0.25) is 0 Å². The second-order valence-corrected chi connectivity index (χ2v) is 7.15. The summed E-state index contributed by atoms with van der Waals surface area (Å²) in [7, 11) is 2.47. The van der Waals surface area contributed by atoms with Gasteiger partial charge in [0.05, 0.1) is 23.9 Å². The minimum absolute atomic E-state index is 0.186. The Morgan fingerprint density at radius 2 is 1.85 bits per heavy atom. The van der Waals surface area contributed by atoms with Crippen LogP contribution in [0.4, 0.5) is 24.5 Å². The molecule has 1 aromatic carbocycles. The van der Waals surface area contributed by atoms with Gasteiger partial charge in [0, 0.05) is 19.3 Å². The van der Waals surface area contributed by atoms with Crippen LogP contribution in [0.1, 0.15) is 39.2 Å². The number of aromatic nitrogens is 2. The second-order valence-electron chi connectivity index (χ2n) is 7.15. The summed E-state index contributed by atoms with van der Waals surface area (Å²) in [5.74, 6) is -1.62. The largest absolute Gasteiger partial charge is 0.464 e. The first-order valence-electron chi connectivity index (χ1n) is 10.0. The van der Waals surface area contributed by atoms with Crippen LogP contribution >= 0.6 is 0 Å². The van der Waals surface area contributed by atoms with Crippen LogP contribution in [-0.2, 0) is 18.0 Å². The Morgan fingerprint density at radius 3 is 2.35 bits per heavy atom. The van der Waals surface area contributed by atoms with Crippen molar-refractivity contribution in [1.29, 1.82) is 0 Å². The summed E-state index contributed by atoms with van der Waals surface area (Å²) in [6.45, 7) is 3.47. The minimum Gasteiger partial charge on any atom is -0.464 e. The third-order valence-electron chi connectivity index (χ3n) is 4.84. The average molecular weight is 478 g/mol. The lowest BCUT2D eigenvalue weighted by molar-refractivity contribution is -0.141. The smallest absolute Gasteiger partial charge is 0.433 e. The highest BCUT2D eigenvalue weighted by Gasteiger charge is 2.36. The number of rotatable bonds is 6. The highest BCUT2D eigenvalue weighted by atomic mass is 19.4. The Bertz CT molecular complexity index is 1290. The summed E-state index contributed by atoms with van der Waals surface area (Å²) in [5.41, 5.74) is -1.90. The summed E-state index contributed by atoms with van der Waals surface area (Å²) in [6, 6.07) is 6.66. The summed E-state index contributed by atoms with van der Waals surface area (Å²) in [4.78, 5) is 40.6. The normalized spacial score (nSPS) is 11.3. The van der Waals surface area contributed by atoms with Crippen LogP contribution in [0.15, 0.2) is 39.6 Å². The number of anilines is 2. The molecule has 1 amide bonds. The molecule has 0 spiro atoms. The summed E-state index contributed by atoms with van der Waals surface area (Å²) >= 11 is 0. The second kappa shape index (κ2) is 9.41. The van der Waals surface area contributed by atoms with E-state index in [4.69, 9.17) is 4.52 Å². The van der Waals surface area contributed by atoms with E-state index in [-0.39, 0.29) is 23.5 Å². The fraction of sp³-hybridized carbons (Fsp3) is 0.273. The SMILES string of the molecule is CCNc1c(C(=O)Nc2ccc(-c3c(C)on(C)c3=O)cc2)cc(C(F)(F)F)nc1C(=O)OC. The minimum atomic E-state index is -4.90. The Labute approximate surface area is 191 Å². The summed E-state index contributed by atoms with van der Waals surface area (Å²) in [5, 5.41) is 5.21. The van der Waals surface area contributed by atoms with Crippen LogP contribution < -0.4 is 16.2 Å². The van der Waals surface area contributed by atoms with Gasteiger partial charge in [0.1, 0.15) is 11.5 Å². The van der Waals surface area contributed by atoms with Gasteiger partial charge in [-0.2, -0.15) is 17.9 Å². The predicted molar refractivity (Wildman–Crippen MR) is 117 cm³/mol. The molecular weight excluding hydrogens is 457 g/mol. The van der Waals surface area contributed by atoms with Crippen LogP contribution in [0.3, 0.4) is 0 Å². The molecule has 0 atom stereocenters. The average Bonchev–Trinajstić information content (AvgIpc) is 3.04. The van der Waals surface area contributed by atoms with E-state index in [1.807, 2.05) is 0 Å². The van der Waals surface area contributed by atoms with Crippen LogP contribution in [0.5, 0.6) is 0 Å². The lowest BCUT2D eigenvalue weighted by Crippen LogP contribution is -2.22. The predicted octanol–water partition coefficient (Wildman–Crippen LogP) is 3.84. The molecule has 9 nitrogen and oxygen atoms in total. The molecule has 0 fully saturated rings. The molecule has 12 heteroatoms.